The number of aromatic nitrogens is 2. The van der Waals surface area contributed by atoms with Gasteiger partial charge in [-0.15, -0.1) is 0 Å². The molecule has 1 aromatic heterocycles. The first-order chi connectivity index (χ1) is 4.20. The first kappa shape index (κ1) is 6.29. The van der Waals surface area contributed by atoms with Crippen LogP contribution in [-0.2, 0) is 0 Å². The molecule has 1 heterocycles. The van der Waals surface area contributed by atoms with Crippen molar-refractivity contribution >= 4 is 11.6 Å². The molecule has 0 amide bonds. The van der Waals surface area contributed by atoms with Crippen molar-refractivity contribution in [1.82, 2.24) is 9.97 Å². The van der Waals surface area contributed by atoms with Gasteiger partial charge in [-0.25, -0.2) is 0 Å². The Morgan fingerprint density at radius 3 is 2.78 bits per heavy atom. The van der Waals surface area contributed by atoms with Gasteiger partial charge in [0.1, 0.15) is 0 Å². The minimum absolute atomic E-state index is 0.148. The Morgan fingerprint density at radius 1 is 1.67 bits per heavy atom. The van der Waals surface area contributed by atoms with Crippen molar-refractivity contribution in [3.63, 3.8) is 0 Å². The van der Waals surface area contributed by atoms with E-state index in [0.717, 1.165) is 0 Å². The Bertz CT molecular complexity index is 226. The zero-order valence-electron chi connectivity index (χ0n) is 4.80. The normalized spacial score (nSPS) is 9.56. The summed E-state index contributed by atoms with van der Waals surface area (Å²) in [5.74, 6) is -0.148. The molecule has 0 atom stereocenters. The first-order valence-corrected chi connectivity index (χ1v) is 2.76. The van der Waals surface area contributed by atoms with Gasteiger partial charge in [0, 0.05) is 0 Å². The molecule has 1 aromatic rings. The van der Waals surface area contributed by atoms with Gasteiger partial charge in [0.25, 0.3) is 0 Å². The summed E-state index contributed by atoms with van der Waals surface area (Å²) in [4.78, 5) is 7.27. The van der Waals surface area contributed by atoms with E-state index in [2.05, 4.69) is 9.97 Å². The van der Waals surface area contributed by atoms with E-state index in [0.29, 0.717) is 5.69 Å². The fourth-order valence-electron chi connectivity index (χ4n) is 0.418. The maximum atomic E-state index is 8.68. The number of halogens is 1. The summed E-state index contributed by atoms with van der Waals surface area (Å²) >= 11 is 5.48. The van der Waals surface area contributed by atoms with Crippen molar-refractivity contribution in [2.24, 2.45) is 0 Å². The van der Waals surface area contributed by atoms with Crippen molar-refractivity contribution in [1.29, 1.82) is 0 Å². The van der Waals surface area contributed by atoms with Crippen molar-refractivity contribution < 1.29 is 5.11 Å². The Hall–Kier alpha value is -0.830. The second-order valence-corrected chi connectivity index (χ2v) is 1.96. The molecule has 0 fully saturated rings. The highest BCUT2D eigenvalue weighted by atomic mass is 35.5. The van der Waals surface area contributed by atoms with Gasteiger partial charge >= 0.3 is 0 Å². The van der Waals surface area contributed by atoms with Gasteiger partial charge in [-0.05, 0) is 6.92 Å². The van der Waals surface area contributed by atoms with E-state index in [4.69, 9.17) is 16.7 Å². The van der Waals surface area contributed by atoms with Gasteiger partial charge in [0.2, 0.25) is 5.88 Å². The van der Waals surface area contributed by atoms with Gasteiger partial charge in [-0.2, -0.15) is 4.98 Å². The van der Waals surface area contributed by atoms with Crippen LogP contribution >= 0.6 is 11.6 Å². The van der Waals surface area contributed by atoms with Crippen LogP contribution in [0.5, 0.6) is 5.88 Å². The van der Waals surface area contributed by atoms with Crippen LogP contribution in [0.2, 0.25) is 5.15 Å². The number of hydrogen-bond donors (Lipinski definition) is 1. The lowest BCUT2D eigenvalue weighted by molar-refractivity contribution is 0.450. The summed E-state index contributed by atoms with van der Waals surface area (Å²) in [6.07, 6.45) is 1.25. The standard InChI is InChI=1S/C5H5ClN2O/c1-3-5(6)8-4(9)2-7-3/h2H,1H3,(H,8,9). The average Bonchev–Trinajstić information content (AvgIpc) is 1.80. The monoisotopic (exact) mass is 144 g/mol. The highest BCUT2D eigenvalue weighted by molar-refractivity contribution is 6.30. The molecule has 0 aromatic carbocycles. The second kappa shape index (κ2) is 2.19. The fraction of sp³-hybridized carbons (Fsp3) is 0.200. The summed E-state index contributed by atoms with van der Waals surface area (Å²) in [5, 5.41) is 8.92. The molecule has 4 heteroatoms. The lowest BCUT2D eigenvalue weighted by atomic mass is 10.5. The fourth-order valence-corrected chi connectivity index (χ4v) is 0.554. The SMILES string of the molecule is Cc1ncc(O)nc1Cl. The van der Waals surface area contributed by atoms with Gasteiger partial charge < -0.3 is 5.11 Å². The number of rotatable bonds is 0. The second-order valence-electron chi connectivity index (χ2n) is 1.60. The number of nitrogens with zero attached hydrogens (tertiary/aromatic N) is 2. The Labute approximate surface area is 57.3 Å². The molecule has 3 nitrogen and oxygen atoms in total. The predicted octanol–water partition coefficient (Wildman–Crippen LogP) is 1.14. The molecular formula is C5H5ClN2O. The van der Waals surface area contributed by atoms with Crippen molar-refractivity contribution in [2.45, 2.75) is 6.92 Å². The smallest absolute Gasteiger partial charge is 0.231 e. The van der Waals surface area contributed by atoms with Crippen molar-refractivity contribution in [3.8, 4) is 5.88 Å². The van der Waals surface area contributed by atoms with Crippen LogP contribution in [-0.4, -0.2) is 15.1 Å². The summed E-state index contributed by atoms with van der Waals surface area (Å²) in [6.45, 7) is 1.72. The van der Waals surface area contributed by atoms with Gasteiger partial charge in [0.05, 0.1) is 11.9 Å². The lowest BCUT2D eigenvalue weighted by Crippen LogP contribution is -1.84. The van der Waals surface area contributed by atoms with Crippen LogP contribution in [0.15, 0.2) is 6.20 Å². The molecule has 9 heavy (non-hydrogen) atoms. The largest absolute Gasteiger partial charge is 0.492 e. The van der Waals surface area contributed by atoms with E-state index >= 15 is 0 Å². The molecule has 0 radical (unpaired) electrons. The lowest BCUT2D eigenvalue weighted by Gasteiger charge is -1.93. The Kier molecular flexibility index (Phi) is 1.53. The minimum Gasteiger partial charge on any atom is -0.492 e. The number of aromatic hydroxyl groups is 1. The van der Waals surface area contributed by atoms with E-state index in [9.17, 15) is 0 Å². The van der Waals surface area contributed by atoms with E-state index in [1.54, 1.807) is 6.92 Å². The molecule has 0 aliphatic rings. The minimum atomic E-state index is -0.148. The van der Waals surface area contributed by atoms with Gasteiger partial charge in [0.15, 0.2) is 5.15 Å². The zero-order valence-corrected chi connectivity index (χ0v) is 5.55. The summed E-state index contributed by atoms with van der Waals surface area (Å²) in [5.41, 5.74) is 0.620. The first-order valence-electron chi connectivity index (χ1n) is 2.38. The predicted molar refractivity (Wildman–Crippen MR) is 33.4 cm³/mol. The number of aryl methyl sites for hydroxylation is 1. The highest BCUT2D eigenvalue weighted by Crippen LogP contribution is 2.11. The van der Waals surface area contributed by atoms with Crippen LogP contribution in [0, 0.1) is 6.92 Å². The topological polar surface area (TPSA) is 46.0 Å². The third kappa shape index (κ3) is 1.29. The maximum absolute atomic E-state index is 8.68. The third-order valence-electron chi connectivity index (χ3n) is 0.885. The summed E-state index contributed by atoms with van der Waals surface area (Å²) < 4.78 is 0. The molecule has 0 bridgehead atoms. The van der Waals surface area contributed by atoms with E-state index in [1.807, 2.05) is 0 Å². The molecule has 1 rings (SSSR count). The Morgan fingerprint density at radius 2 is 2.33 bits per heavy atom. The van der Waals surface area contributed by atoms with Crippen LogP contribution in [0.4, 0.5) is 0 Å². The van der Waals surface area contributed by atoms with Crippen molar-refractivity contribution in [3.05, 3.63) is 17.0 Å². The van der Waals surface area contributed by atoms with Gasteiger partial charge in [-0.1, -0.05) is 11.6 Å². The molecule has 0 aliphatic carbocycles. The van der Waals surface area contributed by atoms with E-state index in [1.165, 1.54) is 6.20 Å². The van der Waals surface area contributed by atoms with Crippen LogP contribution in [0.1, 0.15) is 5.69 Å². The summed E-state index contributed by atoms with van der Waals surface area (Å²) in [6, 6.07) is 0. The molecule has 0 unspecified atom stereocenters. The molecule has 1 N–H and O–H groups in total. The molecule has 0 saturated heterocycles. The van der Waals surface area contributed by atoms with Crippen LogP contribution in [0.25, 0.3) is 0 Å². The molecule has 0 aliphatic heterocycles. The third-order valence-corrected chi connectivity index (χ3v) is 1.24. The van der Waals surface area contributed by atoms with Crippen molar-refractivity contribution in [2.75, 3.05) is 0 Å². The van der Waals surface area contributed by atoms with Crippen LogP contribution in [0.3, 0.4) is 0 Å². The van der Waals surface area contributed by atoms with E-state index in [-0.39, 0.29) is 11.0 Å². The zero-order chi connectivity index (χ0) is 6.85. The van der Waals surface area contributed by atoms with Crippen LogP contribution < -0.4 is 0 Å². The summed E-state index contributed by atoms with van der Waals surface area (Å²) in [7, 11) is 0. The molecule has 0 saturated carbocycles. The van der Waals surface area contributed by atoms with E-state index < -0.39 is 0 Å². The quantitative estimate of drug-likeness (QED) is 0.594. The molecule has 48 valence electrons. The Balaban J connectivity index is 3.17. The maximum Gasteiger partial charge on any atom is 0.231 e. The average molecular weight is 145 g/mol. The highest BCUT2D eigenvalue weighted by Gasteiger charge is 1.96. The molecular weight excluding hydrogens is 140 g/mol. The number of hydrogen-bond acceptors (Lipinski definition) is 3. The van der Waals surface area contributed by atoms with Gasteiger partial charge in [-0.3, -0.25) is 4.98 Å². The molecule has 0 spiro atoms.